The molecular formula is C6H14N4S. The maximum Gasteiger partial charge on any atom is 0.171 e. The Labute approximate surface area is 72.4 Å². The summed E-state index contributed by atoms with van der Waals surface area (Å²) in [6, 6.07) is 0. The Morgan fingerprint density at radius 1 is 1.73 bits per heavy atom. The highest BCUT2D eigenvalue weighted by molar-refractivity contribution is 7.80. The van der Waals surface area contributed by atoms with E-state index in [4.69, 9.17) is 18.0 Å². The topological polar surface area (TPSA) is 53.7 Å². The molecule has 0 heterocycles. The van der Waals surface area contributed by atoms with Crippen LogP contribution in [0.3, 0.4) is 0 Å². The molecule has 0 aromatic heterocycles. The van der Waals surface area contributed by atoms with Gasteiger partial charge in [0.15, 0.2) is 5.11 Å². The van der Waals surface area contributed by atoms with Gasteiger partial charge in [0.1, 0.15) is 6.34 Å². The summed E-state index contributed by atoms with van der Waals surface area (Å²) in [5.74, 6) is 0. The van der Waals surface area contributed by atoms with Crippen LogP contribution in [0.1, 0.15) is 13.8 Å². The molecule has 0 saturated heterocycles. The minimum Gasteiger partial charge on any atom is -0.376 e. The SMILES string of the molecule is CCNN=CN(CC)C(N)=S. The molecule has 5 heteroatoms. The Balaban J connectivity index is 3.77. The third-order valence-electron chi connectivity index (χ3n) is 1.07. The molecule has 0 fully saturated rings. The van der Waals surface area contributed by atoms with Crippen molar-refractivity contribution in [3.05, 3.63) is 0 Å². The lowest BCUT2D eigenvalue weighted by Gasteiger charge is -2.13. The van der Waals surface area contributed by atoms with Crippen molar-refractivity contribution < 1.29 is 0 Å². The summed E-state index contributed by atoms with van der Waals surface area (Å²) in [5.41, 5.74) is 8.15. The van der Waals surface area contributed by atoms with Crippen molar-refractivity contribution >= 4 is 23.7 Å². The molecule has 0 bridgehead atoms. The molecule has 0 rings (SSSR count). The van der Waals surface area contributed by atoms with Crippen LogP contribution in [-0.4, -0.2) is 29.4 Å². The third kappa shape index (κ3) is 4.55. The molecule has 0 unspecified atom stereocenters. The fourth-order valence-electron chi connectivity index (χ4n) is 0.496. The van der Waals surface area contributed by atoms with E-state index in [0.717, 1.165) is 13.1 Å². The summed E-state index contributed by atoms with van der Waals surface area (Å²) in [4.78, 5) is 1.68. The van der Waals surface area contributed by atoms with E-state index in [9.17, 15) is 0 Å². The maximum atomic E-state index is 5.37. The molecular weight excluding hydrogens is 160 g/mol. The molecule has 0 amide bonds. The zero-order chi connectivity index (χ0) is 8.69. The number of nitrogens with two attached hydrogens (primary N) is 1. The molecule has 0 saturated carbocycles. The van der Waals surface area contributed by atoms with Crippen molar-refractivity contribution in [3.63, 3.8) is 0 Å². The average molecular weight is 174 g/mol. The number of nitrogens with one attached hydrogen (secondary N) is 1. The van der Waals surface area contributed by atoms with Gasteiger partial charge in [-0.3, -0.25) is 0 Å². The number of rotatable bonds is 4. The molecule has 0 aromatic rings. The quantitative estimate of drug-likeness (QED) is 0.275. The molecule has 4 nitrogen and oxygen atoms in total. The summed E-state index contributed by atoms with van der Waals surface area (Å²) in [6.07, 6.45) is 1.59. The van der Waals surface area contributed by atoms with Gasteiger partial charge in [0, 0.05) is 13.1 Å². The molecule has 0 atom stereocenters. The van der Waals surface area contributed by atoms with E-state index in [1.54, 1.807) is 11.2 Å². The second-order valence-corrected chi connectivity index (χ2v) is 2.30. The van der Waals surface area contributed by atoms with E-state index >= 15 is 0 Å². The summed E-state index contributed by atoms with van der Waals surface area (Å²) in [7, 11) is 0. The normalized spacial score (nSPS) is 10.0. The van der Waals surface area contributed by atoms with Gasteiger partial charge in [-0.25, -0.2) is 0 Å². The highest BCUT2D eigenvalue weighted by Crippen LogP contribution is 1.80. The molecule has 64 valence electrons. The summed E-state index contributed by atoms with van der Waals surface area (Å²) < 4.78 is 0. The van der Waals surface area contributed by atoms with Crippen molar-refractivity contribution in [2.24, 2.45) is 10.8 Å². The highest BCUT2D eigenvalue weighted by Gasteiger charge is 1.96. The molecule has 0 aliphatic carbocycles. The van der Waals surface area contributed by atoms with Gasteiger partial charge in [0.05, 0.1) is 0 Å². The Hall–Kier alpha value is -0.840. The van der Waals surface area contributed by atoms with Crippen LogP contribution in [0.25, 0.3) is 0 Å². The van der Waals surface area contributed by atoms with Gasteiger partial charge in [-0.1, -0.05) is 0 Å². The first-order valence-corrected chi connectivity index (χ1v) is 3.95. The van der Waals surface area contributed by atoms with Crippen LogP contribution in [0.15, 0.2) is 5.10 Å². The molecule has 11 heavy (non-hydrogen) atoms. The predicted molar refractivity (Wildman–Crippen MR) is 51.3 cm³/mol. The lowest BCUT2D eigenvalue weighted by atomic mass is 10.6. The third-order valence-corrected chi connectivity index (χ3v) is 1.30. The van der Waals surface area contributed by atoms with Crippen LogP contribution in [0.2, 0.25) is 0 Å². The molecule has 0 radical (unpaired) electrons. The Morgan fingerprint density at radius 3 is 2.73 bits per heavy atom. The molecule has 0 spiro atoms. The van der Waals surface area contributed by atoms with E-state index in [0.29, 0.717) is 5.11 Å². The zero-order valence-electron chi connectivity index (χ0n) is 6.87. The Morgan fingerprint density at radius 2 is 2.36 bits per heavy atom. The van der Waals surface area contributed by atoms with Crippen LogP contribution in [0.4, 0.5) is 0 Å². The molecule has 3 N–H and O–H groups in total. The van der Waals surface area contributed by atoms with E-state index in [2.05, 4.69) is 10.5 Å². The number of hydrazone groups is 1. The smallest absolute Gasteiger partial charge is 0.171 e. The van der Waals surface area contributed by atoms with Gasteiger partial charge in [0.2, 0.25) is 0 Å². The Bertz CT molecular complexity index is 146. The van der Waals surface area contributed by atoms with Crippen LogP contribution in [-0.2, 0) is 0 Å². The zero-order valence-corrected chi connectivity index (χ0v) is 7.69. The molecule has 0 aromatic carbocycles. The van der Waals surface area contributed by atoms with Crippen molar-refractivity contribution in [3.8, 4) is 0 Å². The van der Waals surface area contributed by atoms with Crippen molar-refractivity contribution in [2.75, 3.05) is 13.1 Å². The maximum absolute atomic E-state index is 5.37. The van der Waals surface area contributed by atoms with Crippen LogP contribution < -0.4 is 11.2 Å². The molecule has 0 aliphatic heterocycles. The average Bonchev–Trinajstić information content (AvgIpc) is 1.97. The first-order valence-electron chi connectivity index (χ1n) is 3.54. The van der Waals surface area contributed by atoms with Crippen molar-refractivity contribution in [2.45, 2.75) is 13.8 Å². The van der Waals surface area contributed by atoms with Crippen molar-refractivity contribution in [1.29, 1.82) is 0 Å². The second-order valence-electron chi connectivity index (χ2n) is 1.88. The monoisotopic (exact) mass is 174 g/mol. The van der Waals surface area contributed by atoms with Crippen LogP contribution >= 0.6 is 12.2 Å². The summed E-state index contributed by atoms with van der Waals surface area (Å²) >= 11 is 4.75. The fourth-order valence-corrected chi connectivity index (χ4v) is 0.672. The first-order chi connectivity index (χ1) is 5.22. The lowest BCUT2D eigenvalue weighted by Crippen LogP contribution is -2.34. The highest BCUT2D eigenvalue weighted by atomic mass is 32.1. The van der Waals surface area contributed by atoms with Gasteiger partial charge < -0.3 is 16.1 Å². The first kappa shape index (κ1) is 10.2. The van der Waals surface area contributed by atoms with E-state index in [1.165, 1.54) is 0 Å². The molecule has 0 aliphatic rings. The van der Waals surface area contributed by atoms with Gasteiger partial charge >= 0.3 is 0 Å². The number of nitrogens with zero attached hydrogens (tertiary/aromatic N) is 2. The standard InChI is InChI=1S/C6H14N4S/c1-3-8-9-5-10(4-2)6(7)11/h5,8H,3-4H2,1-2H3,(H2,7,11). The van der Waals surface area contributed by atoms with E-state index < -0.39 is 0 Å². The summed E-state index contributed by atoms with van der Waals surface area (Å²) in [5, 5.41) is 4.21. The van der Waals surface area contributed by atoms with Crippen LogP contribution in [0, 0.1) is 0 Å². The fraction of sp³-hybridized carbons (Fsp3) is 0.667. The van der Waals surface area contributed by atoms with E-state index in [-0.39, 0.29) is 0 Å². The van der Waals surface area contributed by atoms with Gasteiger partial charge in [0.25, 0.3) is 0 Å². The number of thiocarbonyl (C=S) groups is 1. The number of hydrogen-bond acceptors (Lipinski definition) is 3. The summed E-state index contributed by atoms with van der Waals surface area (Å²) in [6.45, 7) is 5.46. The largest absolute Gasteiger partial charge is 0.376 e. The van der Waals surface area contributed by atoms with Crippen LogP contribution in [0.5, 0.6) is 0 Å². The second kappa shape index (κ2) is 5.91. The number of hydrogen-bond donors (Lipinski definition) is 2. The van der Waals surface area contributed by atoms with Gasteiger partial charge in [-0.05, 0) is 26.1 Å². The minimum absolute atomic E-state index is 0.342. The van der Waals surface area contributed by atoms with Crippen molar-refractivity contribution in [1.82, 2.24) is 10.3 Å². The minimum atomic E-state index is 0.342. The lowest BCUT2D eigenvalue weighted by molar-refractivity contribution is 0.650. The Kier molecular flexibility index (Phi) is 5.46. The van der Waals surface area contributed by atoms with E-state index in [1.807, 2.05) is 13.8 Å². The van der Waals surface area contributed by atoms with Gasteiger partial charge in [-0.2, -0.15) is 5.10 Å². The van der Waals surface area contributed by atoms with Gasteiger partial charge in [-0.15, -0.1) is 0 Å². The predicted octanol–water partition coefficient (Wildman–Crippen LogP) is 0.105.